The summed E-state index contributed by atoms with van der Waals surface area (Å²) in [5.41, 5.74) is 0. The number of hydrogen-bond donors (Lipinski definition) is 1. The van der Waals surface area contributed by atoms with Crippen molar-refractivity contribution in [2.24, 2.45) is 0 Å². The van der Waals surface area contributed by atoms with Crippen LogP contribution >= 0.6 is 12.6 Å². The van der Waals surface area contributed by atoms with Gasteiger partial charge in [0, 0.05) is 6.04 Å². The van der Waals surface area contributed by atoms with Crippen molar-refractivity contribution in [2.45, 2.75) is 58.9 Å². The van der Waals surface area contributed by atoms with Gasteiger partial charge >= 0.3 is 0 Å². The maximum Gasteiger partial charge on any atom is 0.00929 e. The van der Waals surface area contributed by atoms with Crippen LogP contribution in [0.15, 0.2) is 0 Å². The first-order valence-corrected chi connectivity index (χ1v) is 6.78. The lowest BCUT2D eigenvalue weighted by atomic mass is 10.1. The molecule has 0 N–H and O–H groups in total. The van der Waals surface area contributed by atoms with E-state index in [9.17, 15) is 0 Å². The molecule has 0 amide bonds. The minimum absolute atomic E-state index is 0.794. The van der Waals surface area contributed by atoms with Gasteiger partial charge in [-0.3, -0.25) is 0 Å². The fraction of sp³-hybridized carbons (Fsp3) is 1.00. The molecule has 0 aliphatic heterocycles. The average Bonchev–Trinajstić information content (AvgIpc) is 2.19. The molecule has 0 aliphatic rings. The summed E-state index contributed by atoms with van der Waals surface area (Å²) in [5.74, 6) is 1.03. The second-order valence-electron chi connectivity index (χ2n) is 3.96. The van der Waals surface area contributed by atoms with Gasteiger partial charge in [-0.2, -0.15) is 12.6 Å². The standard InChI is InChI=1S/C12H27NS/c1-4-9-13(10-5-2)12(6-3)8-7-11-14/h12,14H,4-11H2,1-3H3. The molecule has 0 radical (unpaired) electrons. The zero-order chi connectivity index (χ0) is 10.8. The van der Waals surface area contributed by atoms with E-state index in [4.69, 9.17) is 0 Å². The number of nitrogens with zero attached hydrogens (tertiary/aromatic N) is 1. The molecular weight excluding hydrogens is 190 g/mol. The molecule has 0 saturated heterocycles. The summed E-state index contributed by atoms with van der Waals surface area (Å²) >= 11 is 4.29. The van der Waals surface area contributed by atoms with Gasteiger partial charge in [0.25, 0.3) is 0 Å². The topological polar surface area (TPSA) is 3.24 Å². The van der Waals surface area contributed by atoms with E-state index in [-0.39, 0.29) is 0 Å². The third kappa shape index (κ3) is 5.92. The van der Waals surface area contributed by atoms with Crippen molar-refractivity contribution in [3.05, 3.63) is 0 Å². The maximum atomic E-state index is 4.29. The lowest BCUT2D eigenvalue weighted by Gasteiger charge is -2.30. The van der Waals surface area contributed by atoms with Gasteiger partial charge in [-0.1, -0.05) is 20.8 Å². The lowest BCUT2D eigenvalue weighted by molar-refractivity contribution is 0.181. The normalized spacial score (nSPS) is 13.5. The van der Waals surface area contributed by atoms with Gasteiger partial charge in [-0.15, -0.1) is 0 Å². The summed E-state index contributed by atoms with van der Waals surface area (Å²) in [6.45, 7) is 9.38. The highest BCUT2D eigenvalue weighted by Gasteiger charge is 2.13. The lowest BCUT2D eigenvalue weighted by Crippen LogP contribution is -2.36. The monoisotopic (exact) mass is 217 g/mol. The minimum Gasteiger partial charge on any atom is -0.300 e. The van der Waals surface area contributed by atoms with Gasteiger partial charge in [-0.25, -0.2) is 0 Å². The molecule has 0 saturated carbocycles. The number of rotatable bonds is 9. The van der Waals surface area contributed by atoms with E-state index in [0.717, 1.165) is 11.8 Å². The zero-order valence-electron chi connectivity index (χ0n) is 10.1. The van der Waals surface area contributed by atoms with E-state index in [2.05, 4.69) is 38.3 Å². The Bertz CT molecular complexity index is 111. The summed E-state index contributed by atoms with van der Waals surface area (Å²) in [6.07, 6.45) is 6.41. The van der Waals surface area contributed by atoms with E-state index < -0.39 is 0 Å². The van der Waals surface area contributed by atoms with Crippen molar-refractivity contribution in [1.29, 1.82) is 0 Å². The number of hydrogen-bond acceptors (Lipinski definition) is 2. The largest absolute Gasteiger partial charge is 0.300 e. The van der Waals surface area contributed by atoms with Gasteiger partial charge in [0.1, 0.15) is 0 Å². The highest BCUT2D eigenvalue weighted by atomic mass is 32.1. The molecule has 0 aliphatic carbocycles. The van der Waals surface area contributed by atoms with Crippen LogP contribution in [0, 0.1) is 0 Å². The Morgan fingerprint density at radius 2 is 1.64 bits per heavy atom. The SMILES string of the molecule is CCCN(CCC)C(CC)CCCS. The highest BCUT2D eigenvalue weighted by Crippen LogP contribution is 2.12. The fourth-order valence-electron chi connectivity index (χ4n) is 2.02. The molecule has 0 bridgehead atoms. The highest BCUT2D eigenvalue weighted by molar-refractivity contribution is 7.80. The van der Waals surface area contributed by atoms with Crippen LogP contribution in [-0.2, 0) is 0 Å². The predicted octanol–water partition coefficient (Wildman–Crippen LogP) is 3.60. The Morgan fingerprint density at radius 1 is 1.07 bits per heavy atom. The summed E-state index contributed by atoms with van der Waals surface area (Å²) < 4.78 is 0. The second-order valence-corrected chi connectivity index (χ2v) is 4.41. The molecule has 1 atom stereocenters. The molecule has 0 aromatic heterocycles. The van der Waals surface area contributed by atoms with Crippen LogP contribution in [0.1, 0.15) is 52.9 Å². The summed E-state index contributed by atoms with van der Waals surface area (Å²) in [6, 6.07) is 0.794. The summed E-state index contributed by atoms with van der Waals surface area (Å²) in [7, 11) is 0. The van der Waals surface area contributed by atoms with E-state index in [0.29, 0.717) is 0 Å². The molecule has 0 rings (SSSR count). The second kappa shape index (κ2) is 9.85. The van der Waals surface area contributed by atoms with Gasteiger partial charge in [0.2, 0.25) is 0 Å². The summed E-state index contributed by atoms with van der Waals surface area (Å²) in [5, 5.41) is 0. The molecule has 0 fully saturated rings. The zero-order valence-corrected chi connectivity index (χ0v) is 11.0. The van der Waals surface area contributed by atoms with Crippen LogP contribution in [-0.4, -0.2) is 29.8 Å². The summed E-state index contributed by atoms with van der Waals surface area (Å²) in [4.78, 5) is 2.66. The quantitative estimate of drug-likeness (QED) is 0.578. The number of thiol groups is 1. The Kier molecular flexibility index (Phi) is 10.1. The van der Waals surface area contributed by atoms with Crippen LogP contribution in [0.2, 0.25) is 0 Å². The van der Waals surface area contributed by atoms with Crippen molar-refractivity contribution >= 4 is 12.6 Å². The van der Waals surface area contributed by atoms with Crippen molar-refractivity contribution in [1.82, 2.24) is 4.90 Å². The predicted molar refractivity (Wildman–Crippen MR) is 69.3 cm³/mol. The third-order valence-corrected chi connectivity index (χ3v) is 3.02. The molecule has 2 heteroatoms. The van der Waals surface area contributed by atoms with Gasteiger partial charge in [0.15, 0.2) is 0 Å². The van der Waals surface area contributed by atoms with Crippen LogP contribution in [0.4, 0.5) is 0 Å². The van der Waals surface area contributed by atoms with Crippen LogP contribution in [0.25, 0.3) is 0 Å². The first-order valence-electron chi connectivity index (χ1n) is 6.14. The first-order chi connectivity index (χ1) is 6.79. The molecular formula is C12H27NS. The average molecular weight is 217 g/mol. The van der Waals surface area contributed by atoms with Crippen molar-refractivity contribution in [3.8, 4) is 0 Å². The maximum absolute atomic E-state index is 4.29. The van der Waals surface area contributed by atoms with Crippen molar-refractivity contribution < 1.29 is 0 Å². The Morgan fingerprint density at radius 3 is 2.00 bits per heavy atom. The van der Waals surface area contributed by atoms with Crippen molar-refractivity contribution in [2.75, 3.05) is 18.8 Å². The first kappa shape index (κ1) is 14.3. The fourth-order valence-corrected chi connectivity index (χ4v) is 2.21. The van der Waals surface area contributed by atoms with Gasteiger partial charge in [-0.05, 0) is 50.9 Å². The smallest absolute Gasteiger partial charge is 0.00929 e. The van der Waals surface area contributed by atoms with Crippen molar-refractivity contribution in [3.63, 3.8) is 0 Å². The van der Waals surface area contributed by atoms with Crippen LogP contribution in [0.5, 0.6) is 0 Å². The molecule has 0 heterocycles. The van der Waals surface area contributed by atoms with E-state index in [1.165, 1.54) is 45.2 Å². The minimum atomic E-state index is 0.794. The Hall–Kier alpha value is 0.310. The molecule has 1 unspecified atom stereocenters. The van der Waals surface area contributed by atoms with Gasteiger partial charge < -0.3 is 4.90 Å². The molecule has 1 nitrogen and oxygen atoms in total. The molecule has 0 spiro atoms. The van der Waals surface area contributed by atoms with Crippen LogP contribution in [0.3, 0.4) is 0 Å². The van der Waals surface area contributed by atoms with Gasteiger partial charge in [0.05, 0.1) is 0 Å². The molecule has 86 valence electrons. The Balaban J connectivity index is 3.96. The van der Waals surface area contributed by atoms with Crippen LogP contribution < -0.4 is 0 Å². The molecule has 0 aromatic carbocycles. The molecule has 0 aromatic rings. The van der Waals surface area contributed by atoms with E-state index >= 15 is 0 Å². The van der Waals surface area contributed by atoms with E-state index in [1.54, 1.807) is 0 Å². The third-order valence-electron chi connectivity index (χ3n) is 2.70. The van der Waals surface area contributed by atoms with E-state index in [1.807, 2.05) is 0 Å². The Labute approximate surface area is 95.7 Å². The molecule has 14 heavy (non-hydrogen) atoms.